The van der Waals surface area contributed by atoms with Gasteiger partial charge in [-0.3, -0.25) is 9.59 Å². The maximum atomic E-state index is 9.64. The fraction of sp³-hybridized carbons (Fsp3) is 0.375. The van der Waals surface area contributed by atoms with E-state index in [0.29, 0.717) is 0 Å². The van der Waals surface area contributed by atoms with Gasteiger partial charge < -0.3 is 15.5 Å². The summed E-state index contributed by atoms with van der Waals surface area (Å²) in [7, 11) is 0. The molecule has 5 heteroatoms. The van der Waals surface area contributed by atoms with Crippen molar-refractivity contribution in [1.82, 2.24) is 5.32 Å². The molecule has 0 aliphatic carbocycles. The number of carboxylic acids is 2. The molecule has 1 aromatic carbocycles. The number of hydrogen-bond donors (Lipinski definition) is 3. The lowest BCUT2D eigenvalue weighted by molar-refractivity contribution is -0.143. The van der Waals surface area contributed by atoms with Gasteiger partial charge in [-0.15, -0.1) is 6.58 Å². The molecule has 0 saturated carbocycles. The number of carboxylic acid groups (broad SMARTS) is 2. The summed E-state index contributed by atoms with van der Waals surface area (Å²) in [5.74, 6) is -2.15. The lowest BCUT2D eigenvalue weighted by Crippen LogP contribution is -2.36. The summed E-state index contributed by atoms with van der Waals surface area (Å²) < 4.78 is 0. The molecule has 0 spiro atoms. The molecule has 5 nitrogen and oxygen atoms in total. The van der Waals surface area contributed by atoms with Crippen molar-refractivity contribution in [2.75, 3.05) is 6.54 Å². The molecule has 116 valence electrons. The summed E-state index contributed by atoms with van der Waals surface area (Å²) in [5, 5.41) is 19.2. The van der Waals surface area contributed by atoms with Crippen LogP contribution >= 0.6 is 0 Å². The average Bonchev–Trinajstić information content (AvgIpc) is 2.45. The van der Waals surface area contributed by atoms with Crippen LogP contribution in [0.4, 0.5) is 0 Å². The van der Waals surface area contributed by atoms with Crippen LogP contribution < -0.4 is 5.32 Å². The normalized spacial score (nSPS) is 10.2. The standard InChI is InChI=1S/C12H17N.C4H6O4/c1-4-10-13-12(2,3)11-8-6-5-7-9-11;5-3(6)1-2-4(7)8/h4-9,13H,1,10H2,2-3H3;1-2H2,(H,5,6)(H,7,8). The van der Waals surface area contributed by atoms with Crippen LogP contribution in [-0.4, -0.2) is 28.7 Å². The fourth-order valence-electron chi connectivity index (χ4n) is 1.50. The van der Waals surface area contributed by atoms with E-state index in [-0.39, 0.29) is 18.4 Å². The Morgan fingerprint density at radius 2 is 1.62 bits per heavy atom. The third kappa shape index (κ3) is 9.40. The molecule has 0 saturated heterocycles. The highest BCUT2D eigenvalue weighted by molar-refractivity contribution is 5.75. The molecule has 1 aromatic rings. The first-order chi connectivity index (χ1) is 9.79. The molecule has 3 N–H and O–H groups in total. The zero-order valence-corrected chi connectivity index (χ0v) is 12.5. The number of benzene rings is 1. The Labute approximate surface area is 125 Å². The summed E-state index contributed by atoms with van der Waals surface area (Å²) in [6.45, 7) is 8.88. The predicted octanol–water partition coefficient (Wildman–Crippen LogP) is 2.63. The first kappa shape index (κ1) is 18.9. The average molecular weight is 293 g/mol. The molecule has 0 atom stereocenters. The summed E-state index contributed by atoms with van der Waals surface area (Å²) in [6, 6.07) is 10.4. The van der Waals surface area contributed by atoms with Gasteiger partial charge in [-0.25, -0.2) is 0 Å². The van der Waals surface area contributed by atoms with Crippen molar-refractivity contribution in [2.24, 2.45) is 0 Å². The van der Waals surface area contributed by atoms with E-state index in [0.717, 1.165) is 6.54 Å². The lowest BCUT2D eigenvalue weighted by Gasteiger charge is -2.26. The minimum Gasteiger partial charge on any atom is -0.481 e. The molecule has 0 aliphatic heterocycles. The zero-order chi connectivity index (χ0) is 16.3. The molecule has 0 bridgehead atoms. The summed E-state index contributed by atoms with van der Waals surface area (Å²) in [5.41, 5.74) is 1.33. The predicted molar refractivity (Wildman–Crippen MR) is 82.2 cm³/mol. The van der Waals surface area contributed by atoms with Crippen LogP contribution in [0.2, 0.25) is 0 Å². The monoisotopic (exact) mass is 293 g/mol. The second kappa shape index (κ2) is 9.72. The Bertz CT molecular complexity index is 441. The number of aliphatic carboxylic acids is 2. The van der Waals surface area contributed by atoms with Crippen LogP contribution in [0, 0.1) is 0 Å². The first-order valence-electron chi connectivity index (χ1n) is 6.64. The van der Waals surface area contributed by atoms with Crippen LogP contribution in [0.1, 0.15) is 32.3 Å². The van der Waals surface area contributed by atoms with Crippen LogP contribution in [0.15, 0.2) is 43.0 Å². The van der Waals surface area contributed by atoms with E-state index in [1.54, 1.807) is 0 Å². The maximum Gasteiger partial charge on any atom is 0.303 e. The summed E-state index contributed by atoms with van der Waals surface area (Å²) in [4.78, 5) is 19.3. The van der Waals surface area contributed by atoms with Gasteiger partial charge in [0.05, 0.1) is 12.8 Å². The number of nitrogens with one attached hydrogen (secondary N) is 1. The topological polar surface area (TPSA) is 86.6 Å². The first-order valence-corrected chi connectivity index (χ1v) is 6.64. The van der Waals surface area contributed by atoms with Gasteiger partial charge in [0, 0.05) is 12.1 Å². The van der Waals surface area contributed by atoms with Gasteiger partial charge in [-0.1, -0.05) is 36.4 Å². The van der Waals surface area contributed by atoms with Crippen molar-refractivity contribution in [3.8, 4) is 0 Å². The molecule has 0 heterocycles. The maximum absolute atomic E-state index is 9.64. The molecular formula is C16H23NO4. The Kier molecular flexibility index (Phi) is 8.73. The van der Waals surface area contributed by atoms with E-state index >= 15 is 0 Å². The quantitative estimate of drug-likeness (QED) is 0.673. The highest BCUT2D eigenvalue weighted by atomic mass is 16.4. The van der Waals surface area contributed by atoms with Gasteiger partial charge >= 0.3 is 11.9 Å². The van der Waals surface area contributed by atoms with Crippen molar-refractivity contribution in [1.29, 1.82) is 0 Å². The van der Waals surface area contributed by atoms with Crippen molar-refractivity contribution in [2.45, 2.75) is 32.2 Å². The second-order valence-corrected chi connectivity index (χ2v) is 4.95. The van der Waals surface area contributed by atoms with E-state index in [9.17, 15) is 9.59 Å². The van der Waals surface area contributed by atoms with E-state index in [1.165, 1.54) is 5.56 Å². The van der Waals surface area contributed by atoms with E-state index in [1.807, 2.05) is 12.1 Å². The Hall–Kier alpha value is -2.14. The second-order valence-electron chi connectivity index (χ2n) is 4.95. The molecule has 21 heavy (non-hydrogen) atoms. The van der Waals surface area contributed by atoms with Gasteiger partial charge in [-0.2, -0.15) is 0 Å². The number of hydrogen-bond acceptors (Lipinski definition) is 3. The Morgan fingerprint density at radius 3 is 2.00 bits per heavy atom. The molecule has 0 fully saturated rings. The summed E-state index contributed by atoms with van der Waals surface area (Å²) in [6.07, 6.45) is 1.29. The number of carbonyl (C=O) groups is 2. The van der Waals surface area contributed by atoms with Gasteiger partial charge in [0.25, 0.3) is 0 Å². The fourth-order valence-corrected chi connectivity index (χ4v) is 1.50. The molecule has 0 unspecified atom stereocenters. The SMILES string of the molecule is C=CCNC(C)(C)c1ccccc1.O=C(O)CCC(=O)O. The largest absolute Gasteiger partial charge is 0.481 e. The molecule has 0 radical (unpaired) electrons. The highest BCUT2D eigenvalue weighted by Crippen LogP contribution is 2.18. The Morgan fingerprint density at radius 1 is 1.14 bits per heavy atom. The van der Waals surface area contributed by atoms with Crippen LogP contribution in [0.3, 0.4) is 0 Å². The van der Waals surface area contributed by atoms with Gasteiger partial charge in [0.15, 0.2) is 0 Å². The van der Waals surface area contributed by atoms with Gasteiger partial charge in [0.2, 0.25) is 0 Å². The summed E-state index contributed by atoms with van der Waals surface area (Å²) >= 11 is 0. The highest BCUT2D eigenvalue weighted by Gasteiger charge is 2.17. The minimum absolute atomic E-state index is 0.0233. The zero-order valence-electron chi connectivity index (χ0n) is 12.5. The van der Waals surface area contributed by atoms with E-state index < -0.39 is 11.9 Å². The Balaban J connectivity index is 0.000000433. The van der Waals surface area contributed by atoms with Gasteiger partial charge in [-0.05, 0) is 19.4 Å². The smallest absolute Gasteiger partial charge is 0.303 e. The van der Waals surface area contributed by atoms with Gasteiger partial charge in [0.1, 0.15) is 0 Å². The van der Waals surface area contributed by atoms with E-state index in [2.05, 4.69) is 50.0 Å². The lowest BCUT2D eigenvalue weighted by atomic mass is 9.94. The van der Waals surface area contributed by atoms with Crippen LogP contribution in [0.25, 0.3) is 0 Å². The van der Waals surface area contributed by atoms with E-state index in [4.69, 9.17) is 10.2 Å². The molecule has 0 aromatic heterocycles. The third-order valence-corrected chi connectivity index (χ3v) is 2.74. The van der Waals surface area contributed by atoms with Crippen molar-refractivity contribution in [3.05, 3.63) is 48.6 Å². The van der Waals surface area contributed by atoms with Crippen molar-refractivity contribution < 1.29 is 19.8 Å². The minimum atomic E-state index is -1.08. The molecule has 0 aliphatic rings. The molecular weight excluding hydrogens is 270 g/mol. The molecule has 0 amide bonds. The third-order valence-electron chi connectivity index (χ3n) is 2.74. The van der Waals surface area contributed by atoms with Crippen LogP contribution in [-0.2, 0) is 15.1 Å². The van der Waals surface area contributed by atoms with Crippen LogP contribution in [0.5, 0.6) is 0 Å². The molecule has 1 rings (SSSR count). The van der Waals surface area contributed by atoms with Crippen molar-refractivity contribution in [3.63, 3.8) is 0 Å². The number of rotatable bonds is 7. The van der Waals surface area contributed by atoms with Crippen molar-refractivity contribution >= 4 is 11.9 Å².